The number of anilines is 1. The predicted octanol–water partition coefficient (Wildman–Crippen LogP) is 2.25. The predicted molar refractivity (Wildman–Crippen MR) is 109 cm³/mol. The summed E-state index contributed by atoms with van der Waals surface area (Å²) in [6.07, 6.45) is 8.00. The normalized spacial score (nSPS) is 27.7. The van der Waals surface area contributed by atoms with E-state index in [4.69, 9.17) is 18.6 Å². The van der Waals surface area contributed by atoms with Gasteiger partial charge in [0.1, 0.15) is 0 Å². The molecule has 0 spiro atoms. The molecule has 1 unspecified atom stereocenters. The molecule has 4 nitrogen and oxygen atoms in total. The molecule has 0 saturated carbocycles. The summed E-state index contributed by atoms with van der Waals surface area (Å²) < 4.78 is 0. The third-order valence-electron chi connectivity index (χ3n) is 5.45. The highest BCUT2D eigenvalue weighted by molar-refractivity contribution is 7.80. The van der Waals surface area contributed by atoms with Gasteiger partial charge in [0.25, 0.3) is 0 Å². The van der Waals surface area contributed by atoms with Gasteiger partial charge in [0.2, 0.25) is 0 Å². The molecule has 3 aliphatic heterocycles. The van der Waals surface area contributed by atoms with Gasteiger partial charge >= 0.3 is 0 Å². The van der Waals surface area contributed by atoms with Gasteiger partial charge in [-0.25, -0.2) is 0 Å². The summed E-state index contributed by atoms with van der Waals surface area (Å²) in [6, 6.07) is 10.7. The Morgan fingerprint density at radius 1 is 1.40 bits per heavy atom. The van der Waals surface area contributed by atoms with Crippen LogP contribution in [0.1, 0.15) is 12.8 Å². The first kappa shape index (κ1) is 18.2. The zero-order valence-corrected chi connectivity index (χ0v) is 15.8. The van der Waals surface area contributed by atoms with E-state index < -0.39 is 0 Å². The number of terminal acetylenes is 1. The minimum atomic E-state index is 0.587. The first-order chi connectivity index (χ1) is 12.2. The lowest BCUT2D eigenvalue weighted by Gasteiger charge is -2.50. The molecular formula is C20H28N4S. The summed E-state index contributed by atoms with van der Waals surface area (Å²) in [7, 11) is 2.13. The van der Waals surface area contributed by atoms with Crippen LogP contribution in [0.5, 0.6) is 0 Å². The summed E-state index contributed by atoms with van der Waals surface area (Å²) in [6.45, 7) is 5.17. The van der Waals surface area contributed by atoms with Crippen LogP contribution in [0.3, 0.4) is 0 Å². The van der Waals surface area contributed by atoms with Gasteiger partial charge in [-0.3, -0.25) is 9.80 Å². The molecule has 3 saturated heterocycles. The van der Waals surface area contributed by atoms with Crippen molar-refractivity contribution < 1.29 is 0 Å². The third-order valence-corrected chi connectivity index (χ3v) is 5.70. The lowest BCUT2D eigenvalue weighted by molar-refractivity contribution is -0.00646. The second-order valence-corrected chi connectivity index (χ2v) is 7.70. The quantitative estimate of drug-likeness (QED) is 0.603. The SMILES string of the molecule is C#CCN(C)C[C@@H]1CN2CC[C@H]1C[C@@H]2CNC(=S)Nc1ccccc1. The van der Waals surface area contributed by atoms with E-state index in [1.165, 1.54) is 25.9 Å². The fourth-order valence-electron chi connectivity index (χ4n) is 4.20. The van der Waals surface area contributed by atoms with Crippen molar-refractivity contribution in [3.8, 4) is 12.3 Å². The second kappa shape index (κ2) is 8.66. The van der Waals surface area contributed by atoms with E-state index in [0.29, 0.717) is 11.2 Å². The number of thiocarbonyl (C=S) groups is 1. The van der Waals surface area contributed by atoms with Gasteiger partial charge < -0.3 is 10.6 Å². The van der Waals surface area contributed by atoms with Crippen LogP contribution >= 0.6 is 12.2 Å². The van der Waals surface area contributed by atoms with E-state index in [9.17, 15) is 0 Å². The molecule has 3 fully saturated rings. The molecular weight excluding hydrogens is 328 g/mol. The van der Waals surface area contributed by atoms with Crippen molar-refractivity contribution >= 4 is 23.0 Å². The Morgan fingerprint density at radius 2 is 2.20 bits per heavy atom. The van der Waals surface area contributed by atoms with E-state index >= 15 is 0 Å². The van der Waals surface area contributed by atoms with Crippen molar-refractivity contribution in [3.05, 3.63) is 30.3 Å². The Hall–Kier alpha value is -1.61. The summed E-state index contributed by atoms with van der Waals surface area (Å²) in [5, 5.41) is 7.36. The van der Waals surface area contributed by atoms with E-state index in [1.807, 2.05) is 30.3 Å². The van der Waals surface area contributed by atoms with Crippen LogP contribution in [0.2, 0.25) is 0 Å². The Labute approximate surface area is 157 Å². The molecule has 2 N–H and O–H groups in total. The Bertz CT molecular complexity index is 612. The van der Waals surface area contributed by atoms with Crippen molar-refractivity contribution in [2.45, 2.75) is 18.9 Å². The Balaban J connectivity index is 1.45. The molecule has 0 amide bonds. The number of benzene rings is 1. The third kappa shape index (κ3) is 4.94. The van der Waals surface area contributed by atoms with Crippen molar-refractivity contribution in [2.75, 3.05) is 45.1 Å². The highest BCUT2D eigenvalue weighted by Crippen LogP contribution is 2.36. The largest absolute Gasteiger partial charge is 0.361 e. The molecule has 0 aliphatic carbocycles. The molecule has 0 aromatic heterocycles. The topological polar surface area (TPSA) is 30.5 Å². The molecule has 2 bridgehead atoms. The first-order valence-corrected chi connectivity index (χ1v) is 9.52. The van der Waals surface area contributed by atoms with Crippen molar-refractivity contribution in [3.63, 3.8) is 0 Å². The summed E-state index contributed by atoms with van der Waals surface area (Å²) in [4.78, 5) is 4.91. The standard InChI is InChI=1S/C20H28N4S/c1-3-10-23(2)14-17-15-24-11-9-16(17)12-19(24)13-21-20(25)22-18-7-5-4-6-8-18/h1,4-8,16-17,19H,9-15H2,2H3,(H2,21,22,25)/t16-,17+,19+/m0/s1. The van der Waals surface area contributed by atoms with Gasteiger partial charge in [0, 0.05) is 31.4 Å². The smallest absolute Gasteiger partial charge is 0.170 e. The van der Waals surface area contributed by atoms with Crippen LogP contribution in [0.25, 0.3) is 0 Å². The molecule has 5 heteroatoms. The molecule has 134 valence electrons. The van der Waals surface area contributed by atoms with E-state index in [-0.39, 0.29) is 0 Å². The number of rotatable bonds is 6. The Morgan fingerprint density at radius 3 is 2.88 bits per heavy atom. The highest BCUT2D eigenvalue weighted by Gasteiger charge is 2.40. The molecule has 3 aliphatic rings. The zero-order valence-electron chi connectivity index (χ0n) is 14.9. The second-order valence-electron chi connectivity index (χ2n) is 7.30. The van der Waals surface area contributed by atoms with Gasteiger partial charge in [0.15, 0.2) is 5.11 Å². The maximum atomic E-state index is 5.43. The van der Waals surface area contributed by atoms with Crippen molar-refractivity contribution in [1.29, 1.82) is 0 Å². The van der Waals surface area contributed by atoms with Crippen LogP contribution in [0.4, 0.5) is 5.69 Å². The van der Waals surface area contributed by atoms with Gasteiger partial charge in [-0.1, -0.05) is 24.1 Å². The molecule has 4 rings (SSSR count). The number of fused-ring (bicyclic) bond motifs is 3. The van der Waals surface area contributed by atoms with Crippen LogP contribution in [-0.2, 0) is 0 Å². The number of para-hydroxylation sites is 1. The van der Waals surface area contributed by atoms with E-state index in [1.54, 1.807) is 0 Å². The van der Waals surface area contributed by atoms with Crippen LogP contribution < -0.4 is 10.6 Å². The average Bonchev–Trinajstić information content (AvgIpc) is 2.62. The van der Waals surface area contributed by atoms with Crippen LogP contribution in [-0.4, -0.2) is 60.7 Å². The van der Waals surface area contributed by atoms with Gasteiger partial charge in [-0.2, -0.15) is 0 Å². The Kier molecular flexibility index (Phi) is 6.30. The minimum Gasteiger partial charge on any atom is -0.361 e. The van der Waals surface area contributed by atoms with E-state index in [0.717, 1.165) is 37.2 Å². The fraction of sp³-hybridized carbons (Fsp3) is 0.550. The molecule has 1 aromatic carbocycles. The maximum absolute atomic E-state index is 5.43. The van der Waals surface area contributed by atoms with Crippen LogP contribution in [0, 0.1) is 24.2 Å². The number of nitrogens with zero attached hydrogens (tertiary/aromatic N) is 2. The fourth-order valence-corrected chi connectivity index (χ4v) is 4.40. The van der Waals surface area contributed by atoms with E-state index in [2.05, 4.69) is 33.4 Å². The van der Waals surface area contributed by atoms with Gasteiger partial charge in [-0.15, -0.1) is 6.42 Å². The molecule has 25 heavy (non-hydrogen) atoms. The molecule has 3 heterocycles. The number of piperidine rings is 3. The number of hydrogen-bond acceptors (Lipinski definition) is 3. The summed E-state index contributed by atoms with van der Waals surface area (Å²) >= 11 is 5.43. The molecule has 1 aromatic rings. The summed E-state index contributed by atoms with van der Waals surface area (Å²) in [5.74, 6) is 4.30. The minimum absolute atomic E-state index is 0.587. The number of nitrogens with one attached hydrogen (secondary N) is 2. The lowest BCUT2D eigenvalue weighted by Crippen LogP contribution is -2.58. The lowest BCUT2D eigenvalue weighted by atomic mass is 9.75. The number of hydrogen-bond donors (Lipinski definition) is 2. The maximum Gasteiger partial charge on any atom is 0.170 e. The first-order valence-electron chi connectivity index (χ1n) is 9.11. The van der Waals surface area contributed by atoms with Crippen molar-refractivity contribution in [2.24, 2.45) is 11.8 Å². The van der Waals surface area contributed by atoms with Gasteiger partial charge in [0.05, 0.1) is 6.54 Å². The van der Waals surface area contributed by atoms with Gasteiger partial charge in [-0.05, 0) is 62.6 Å². The van der Waals surface area contributed by atoms with Crippen LogP contribution in [0.15, 0.2) is 30.3 Å². The summed E-state index contributed by atoms with van der Waals surface area (Å²) in [5.41, 5.74) is 1.03. The van der Waals surface area contributed by atoms with Crippen molar-refractivity contribution in [1.82, 2.24) is 15.1 Å². The highest BCUT2D eigenvalue weighted by atomic mass is 32.1. The monoisotopic (exact) mass is 356 g/mol. The average molecular weight is 357 g/mol. The zero-order chi connectivity index (χ0) is 17.6. The molecule has 4 atom stereocenters. The molecule has 0 radical (unpaired) electrons.